The summed E-state index contributed by atoms with van der Waals surface area (Å²) in [5.41, 5.74) is 0.904. The predicted molar refractivity (Wildman–Crippen MR) is 76.2 cm³/mol. The van der Waals surface area contributed by atoms with E-state index >= 15 is 0 Å². The number of para-hydroxylation sites is 1. The van der Waals surface area contributed by atoms with E-state index in [-0.39, 0.29) is 12.4 Å². The Balaban J connectivity index is 1.89. The lowest BCUT2D eigenvalue weighted by atomic mass is 10.2. The van der Waals surface area contributed by atoms with Gasteiger partial charge in [0.2, 0.25) is 0 Å². The fourth-order valence-corrected chi connectivity index (χ4v) is 2.02. The maximum Gasteiger partial charge on any atom is 0.359 e. The van der Waals surface area contributed by atoms with E-state index in [9.17, 15) is 9.18 Å². The fraction of sp³-hybridized carbons (Fsp3) is 0.0625. The average molecular weight is 269 g/mol. The third-order valence-electron chi connectivity index (χ3n) is 3.07. The molecule has 0 unspecified atom stereocenters. The summed E-state index contributed by atoms with van der Waals surface area (Å²) in [6, 6.07) is 15.4. The van der Waals surface area contributed by atoms with Crippen molar-refractivity contribution in [3.63, 3.8) is 0 Å². The van der Waals surface area contributed by atoms with Crippen molar-refractivity contribution in [2.75, 3.05) is 5.32 Å². The Hall–Kier alpha value is -2.62. The van der Waals surface area contributed by atoms with Gasteiger partial charge in [-0.3, -0.25) is 0 Å². The summed E-state index contributed by atoms with van der Waals surface area (Å²) >= 11 is 0. The molecule has 0 amide bonds. The zero-order valence-electron chi connectivity index (χ0n) is 10.6. The van der Waals surface area contributed by atoms with Gasteiger partial charge in [0.25, 0.3) is 0 Å². The third-order valence-corrected chi connectivity index (χ3v) is 3.07. The first-order valence-electron chi connectivity index (χ1n) is 6.24. The normalized spacial score (nSPS) is 10.7. The Bertz CT molecular complexity index is 811. The summed E-state index contributed by atoms with van der Waals surface area (Å²) in [7, 11) is 0. The van der Waals surface area contributed by atoms with Crippen molar-refractivity contribution in [1.82, 2.24) is 0 Å². The number of benzene rings is 2. The van der Waals surface area contributed by atoms with Crippen LogP contribution in [-0.2, 0) is 6.54 Å². The fourth-order valence-electron chi connectivity index (χ4n) is 2.02. The minimum absolute atomic E-state index is 0.232. The van der Waals surface area contributed by atoms with Crippen LogP contribution in [0, 0.1) is 5.82 Å². The summed E-state index contributed by atoms with van der Waals surface area (Å²) in [4.78, 5) is 11.8. The molecule has 0 aliphatic rings. The molecule has 0 saturated heterocycles. The van der Waals surface area contributed by atoms with Gasteiger partial charge in [-0.1, -0.05) is 36.4 Å². The molecule has 100 valence electrons. The topological polar surface area (TPSA) is 42.2 Å². The molecule has 1 N–H and O–H groups in total. The molecule has 3 aromatic rings. The van der Waals surface area contributed by atoms with Crippen LogP contribution in [0.2, 0.25) is 0 Å². The van der Waals surface area contributed by atoms with Gasteiger partial charge in [-0.15, -0.1) is 0 Å². The quantitative estimate of drug-likeness (QED) is 0.739. The SMILES string of the molecule is O=c1oc2ccccc2cc1NCc1ccccc1F. The lowest BCUT2D eigenvalue weighted by molar-refractivity contribution is 0.562. The second-order valence-corrected chi connectivity index (χ2v) is 4.43. The van der Waals surface area contributed by atoms with E-state index in [0.717, 1.165) is 5.39 Å². The average Bonchev–Trinajstić information content (AvgIpc) is 2.46. The van der Waals surface area contributed by atoms with Crippen LogP contribution in [0.5, 0.6) is 0 Å². The standard InChI is InChI=1S/C16H12FNO2/c17-13-7-3-1-6-12(13)10-18-14-9-11-5-2-4-8-15(11)20-16(14)19/h1-9,18H,10H2. The third kappa shape index (κ3) is 2.40. The molecule has 0 fully saturated rings. The van der Waals surface area contributed by atoms with Gasteiger partial charge in [0.15, 0.2) is 0 Å². The monoisotopic (exact) mass is 269 g/mol. The van der Waals surface area contributed by atoms with Crippen LogP contribution in [0.25, 0.3) is 11.0 Å². The second kappa shape index (κ2) is 5.17. The predicted octanol–water partition coefficient (Wildman–Crippen LogP) is 3.54. The summed E-state index contributed by atoms with van der Waals surface area (Å²) in [5.74, 6) is -0.301. The van der Waals surface area contributed by atoms with Gasteiger partial charge < -0.3 is 9.73 Å². The molecular formula is C16H12FNO2. The Kier molecular flexibility index (Phi) is 3.21. The van der Waals surface area contributed by atoms with Gasteiger partial charge in [0.1, 0.15) is 17.1 Å². The smallest absolute Gasteiger partial charge is 0.359 e. The first-order chi connectivity index (χ1) is 9.74. The van der Waals surface area contributed by atoms with Crippen molar-refractivity contribution in [2.24, 2.45) is 0 Å². The molecule has 0 bridgehead atoms. The highest BCUT2D eigenvalue weighted by Gasteiger charge is 2.06. The number of hydrogen-bond acceptors (Lipinski definition) is 3. The van der Waals surface area contributed by atoms with E-state index in [1.165, 1.54) is 6.07 Å². The van der Waals surface area contributed by atoms with Gasteiger partial charge in [-0.05, 0) is 18.2 Å². The Morgan fingerprint density at radius 1 is 1.05 bits per heavy atom. The molecular weight excluding hydrogens is 257 g/mol. The van der Waals surface area contributed by atoms with Crippen molar-refractivity contribution < 1.29 is 8.81 Å². The van der Waals surface area contributed by atoms with Crippen LogP contribution in [0.3, 0.4) is 0 Å². The van der Waals surface area contributed by atoms with E-state index in [1.54, 1.807) is 36.4 Å². The summed E-state index contributed by atoms with van der Waals surface area (Å²) in [6.45, 7) is 0.232. The van der Waals surface area contributed by atoms with Gasteiger partial charge >= 0.3 is 5.63 Å². The maximum absolute atomic E-state index is 13.5. The minimum Gasteiger partial charge on any atom is -0.421 e. The molecule has 1 aromatic heterocycles. The molecule has 1 heterocycles. The zero-order valence-corrected chi connectivity index (χ0v) is 10.6. The molecule has 0 atom stereocenters. The highest BCUT2D eigenvalue weighted by molar-refractivity contribution is 5.79. The molecule has 0 aliphatic carbocycles. The van der Waals surface area contributed by atoms with Crippen LogP contribution >= 0.6 is 0 Å². The number of anilines is 1. The molecule has 20 heavy (non-hydrogen) atoms. The number of fused-ring (bicyclic) bond motifs is 1. The summed E-state index contributed by atoms with van der Waals surface area (Å²) in [6.07, 6.45) is 0. The summed E-state index contributed by atoms with van der Waals surface area (Å²) in [5, 5.41) is 3.74. The molecule has 3 nitrogen and oxygen atoms in total. The zero-order chi connectivity index (χ0) is 13.9. The number of halogens is 1. The Morgan fingerprint density at radius 2 is 1.80 bits per heavy atom. The first-order valence-corrected chi connectivity index (χ1v) is 6.24. The van der Waals surface area contributed by atoms with Crippen LogP contribution in [-0.4, -0.2) is 0 Å². The Labute approximate surface area is 114 Å². The number of rotatable bonds is 3. The van der Waals surface area contributed by atoms with E-state index in [0.29, 0.717) is 16.8 Å². The summed E-state index contributed by atoms with van der Waals surface area (Å²) < 4.78 is 18.7. The van der Waals surface area contributed by atoms with E-state index in [2.05, 4.69) is 5.32 Å². The molecule has 3 rings (SSSR count). The first kappa shape index (κ1) is 12.4. The molecule has 0 spiro atoms. The minimum atomic E-state index is -0.458. The lowest BCUT2D eigenvalue weighted by Crippen LogP contribution is -2.10. The van der Waals surface area contributed by atoms with E-state index in [1.807, 2.05) is 12.1 Å². The van der Waals surface area contributed by atoms with E-state index < -0.39 is 5.63 Å². The van der Waals surface area contributed by atoms with Crippen molar-refractivity contribution in [1.29, 1.82) is 0 Å². The highest BCUT2D eigenvalue weighted by Crippen LogP contribution is 2.16. The van der Waals surface area contributed by atoms with Crippen molar-refractivity contribution in [3.05, 3.63) is 76.4 Å². The van der Waals surface area contributed by atoms with Gasteiger partial charge in [0.05, 0.1) is 0 Å². The largest absolute Gasteiger partial charge is 0.421 e. The van der Waals surface area contributed by atoms with Crippen molar-refractivity contribution in [3.8, 4) is 0 Å². The highest BCUT2D eigenvalue weighted by atomic mass is 19.1. The molecule has 0 radical (unpaired) electrons. The van der Waals surface area contributed by atoms with Crippen molar-refractivity contribution >= 4 is 16.7 Å². The number of nitrogens with one attached hydrogen (secondary N) is 1. The number of hydrogen-bond donors (Lipinski definition) is 1. The van der Waals surface area contributed by atoms with Crippen LogP contribution in [0.15, 0.2) is 63.8 Å². The lowest BCUT2D eigenvalue weighted by Gasteiger charge is -2.07. The van der Waals surface area contributed by atoms with Gasteiger partial charge in [-0.25, -0.2) is 9.18 Å². The van der Waals surface area contributed by atoms with Gasteiger partial charge in [-0.2, -0.15) is 0 Å². The molecule has 4 heteroatoms. The van der Waals surface area contributed by atoms with Crippen LogP contribution in [0.1, 0.15) is 5.56 Å². The molecule has 2 aromatic carbocycles. The van der Waals surface area contributed by atoms with Crippen molar-refractivity contribution in [2.45, 2.75) is 6.54 Å². The van der Waals surface area contributed by atoms with Gasteiger partial charge in [0, 0.05) is 17.5 Å². The second-order valence-electron chi connectivity index (χ2n) is 4.43. The van der Waals surface area contributed by atoms with E-state index in [4.69, 9.17) is 4.42 Å². The maximum atomic E-state index is 13.5. The van der Waals surface area contributed by atoms with Crippen LogP contribution in [0.4, 0.5) is 10.1 Å². The molecule has 0 aliphatic heterocycles. The molecule has 0 saturated carbocycles. The Morgan fingerprint density at radius 3 is 2.65 bits per heavy atom. The van der Waals surface area contributed by atoms with Crippen LogP contribution < -0.4 is 10.9 Å².